The first-order chi connectivity index (χ1) is 11.1. The fourth-order valence-corrected chi connectivity index (χ4v) is 2.79. The van der Waals surface area contributed by atoms with Gasteiger partial charge in [-0.15, -0.1) is 0 Å². The number of halogens is 1. The molecule has 0 saturated carbocycles. The first-order valence-corrected chi connectivity index (χ1v) is 8.09. The zero-order valence-electron chi connectivity index (χ0n) is 13.0. The van der Waals surface area contributed by atoms with Crippen molar-refractivity contribution in [1.82, 2.24) is 9.97 Å². The molecule has 0 spiro atoms. The summed E-state index contributed by atoms with van der Waals surface area (Å²) in [5, 5.41) is 6.52. The van der Waals surface area contributed by atoms with Gasteiger partial charge in [-0.25, -0.2) is 4.98 Å². The van der Waals surface area contributed by atoms with Gasteiger partial charge in [-0.1, -0.05) is 18.2 Å². The largest absolute Gasteiger partial charge is 0.340 e. The van der Waals surface area contributed by atoms with Gasteiger partial charge < -0.3 is 10.6 Å². The fraction of sp³-hybridized carbons (Fsp3) is 0.111. The molecule has 0 atom stereocenters. The van der Waals surface area contributed by atoms with E-state index in [9.17, 15) is 0 Å². The molecule has 0 aliphatic heterocycles. The van der Waals surface area contributed by atoms with Crippen molar-refractivity contribution in [3.63, 3.8) is 0 Å². The molecule has 3 aromatic rings. The molecule has 5 heteroatoms. The Morgan fingerprint density at radius 3 is 2.52 bits per heavy atom. The van der Waals surface area contributed by atoms with E-state index >= 15 is 0 Å². The number of hydrogen-bond donors (Lipinski definition) is 2. The molecule has 2 aromatic carbocycles. The van der Waals surface area contributed by atoms with E-state index in [2.05, 4.69) is 68.6 Å². The number of benzene rings is 2. The van der Waals surface area contributed by atoms with Crippen LogP contribution in [-0.4, -0.2) is 9.97 Å². The van der Waals surface area contributed by atoms with Gasteiger partial charge in [0.1, 0.15) is 5.82 Å². The first kappa shape index (κ1) is 15.5. The Kier molecular flexibility index (Phi) is 4.57. The fourth-order valence-electron chi connectivity index (χ4n) is 2.20. The molecule has 116 valence electrons. The van der Waals surface area contributed by atoms with Gasteiger partial charge in [0.25, 0.3) is 0 Å². The Bertz CT molecular complexity index is 833. The molecular formula is C18H17BrN4. The van der Waals surface area contributed by atoms with Gasteiger partial charge in [0.2, 0.25) is 5.95 Å². The summed E-state index contributed by atoms with van der Waals surface area (Å²) in [4.78, 5) is 8.78. The minimum Gasteiger partial charge on any atom is -0.340 e. The van der Waals surface area contributed by atoms with Crippen LogP contribution in [-0.2, 0) is 0 Å². The summed E-state index contributed by atoms with van der Waals surface area (Å²) >= 11 is 3.55. The molecule has 0 radical (unpaired) electrons. The Balaban J connectivity index is 1.79. The van der Waals surface area contributed by atoms with Crippen LogP contribution in [0.25, 0.3) is 0 Å². The normalized spacial score (nSPS) is 10.4. The lowest BCUT2D eigenvalue weighted by molar-refractivity contribution is 1.16. The molecule has 0 bridgehead atoms. The number of nitrogens with one attached hydrogen (secondary N) is 2. The molecular weight excluding hydrogens is 352 g/mol. The van der Waals surface area contributed by atoms with Gasteiger partial charge in [-0.05, 0) is 71.2 Å². The average molecular weight is 369 g/mol. The zero-order valence-corrected chi connectivity index (χ0v) is 14.6. The summed E-state index contributed by atoms with van der Waals surface area (Å²) in [6.45, 7) is 4.12. The van der Waals surface area contributed by atoms with Crippen LogP contribution in [0.4, 0.5) is 23.1 Å². The number of anilines is 4. The highest BCUT2D eigenvalue weighted by Gasteiger charge is 2.04. The summed E-state index contributed by atoms with van der Waals surface area (Å²) < 4.78 is 0.984. The second kappa shape index (κ2) is 6.79. The number of aromatic nitrogens is 2. The van der Waals surface area contributed by atoms with E-state index < -0.39 is 0 Å². The van der Waals surface area contributed by atoms with Crippen LogP contribution < -0.4 is 10.6 Å². The molecule has 4 nitrogen and oxygen atoms in total. The predicted octanol–water partition coefficient (Wildman–Crippen LogP) is 5.34. The Labute approximate surface area is 144 Å². The zero-order chi connectivity index (χ0) is 16.2. The highest BCUT2D eigenvalue weighted by atomic mass is 79.9. The average Bonchev–Trinajstić information content (AvgIpc) is 2.51. The quantitative estimate of drug-likeness (QED) is 0.652. The second-order valence-corrected chi connectivity index (χ2v) is 6.22. The molecule has 3 rings (SSSR count). The third-order valence-electron chi connectivity index (χ3n) is 3.32. The molecule has 1 heterocycles. The molecule has 0 fully saturated rings. The topological polar surface area (TPSA) is 49.8 Å². The first-order valence-electron chi connectivity index (χ1n) is 7.30. The second-order valence-electron chi connectivity index (χ2n) is 5.37. The van der Waals surface area contributed by atoms with Crippen molar-refractivity contribution in [2.45, 2.75) is 13.8 Å². The molecule has 1 aromatic heterocycles. The van der Waals surface area contributed by atoms with E-state index in [1.54, 1.807) is 6.20 Å². The maximum atomic E-state index is 4.50. The monoisotopic (exact) mass is 368 g/mol. The van der Waals surface area contributed by atoms with Gasteiger partial charge in [0, 0.05) is 16.4 Å². The number of rotatable bonds is 4. The van der Waals surface area contributed by atoms with Crippen LogP contribution >= 0.6 is 15.9 Å². The number of nitrogens with zero attached hydrogens (tertiary/aromatic N) is 2. The summed E-state index contributed by atoms with van der Waals surface area (Å²) in [6.07, 6.45) is 1.73. The van der Waals surface area contributed by atoms with Gasteiger partial charge in [0.15, 0.2) is 0 Å². The summed E-state index contributed by atoms with van der Waals surface area (Å²) in [5.74, 6) is 1.29. The van der Waals surface area contributed by atoms with Crippen LogP contribution in [0.15, 0.2) is 59.2 Å². The van der Waals surface area contributed by atoms with E-state index in [1.807, 2.05) is 30.3 Å². The summed E-state index contributed by atoms with van der Waals surface area (Å²) in [7, 11) is 0. The highest BCUT2D eigenvalue weighted by molar-refractivity contribution is 9.10. The molecule has 0 amide bonds. The van der Waals surface area contributed by atoms with Crippen LogP contribution in [0.5, 0.6) is 0 Å². The third-order valence-corrected chi connectivity index (χ3v) is 3.97. The molecule has 0 aliphatic carbocycles. The summed E-state index contributed by atoms with van der Waals surface area (Å²) in [6, 6.07) is 16.1. The van der Waals surface area contributed by atoms with Crippen molar-refractivity contribution in [3.05, 3.63) is 70.3 Å². The maximum absolute atomic E-state index is 4.50. The summed E-state index contributed by atoms with van der Waals surface area (Å²) in [5.41, 5.74) is 4.33. The van der Waals surface area contributed by atoms with E-state index in [0.717, 1.165) is 21.7 Å². The molecule has 0 aliphatic rings. The van der Waals surface area contributed by atoms with Crippen LogP contribution in [0.1, 0.15) is 11.1 Å². The smallest absolute Gasteiger partial charge is 0.229 e. The standard InChI is InChI=1S/C18H17BrN4/c1-12-4-3-5-14(10-12)21-17-8-9-20-18(23-17)22-16-7-6-13(2)11-15(16)19/h3-11H,1-2H3,(H2,20,21,22,23). The lowest BCUT2D eigenvalue weighted by atomic mass is 10.2. The highest BCUT2D eigenvalue weighted by Crippen LogP contribution is 2.26. The SMILES string of the molecule is Cc1cccc(Nc2ccnc(Nc3ccc(C)cc3Br)n2)c1. The predicted molar refractivity (Wildman–Crippen MR) is 98.7 cm³/mol. The Morgan fingerprint density at radius 2 is 1.74 bits per heavy atom. The van der Waals surface area contributed by atoms with Gasteiger partial charge in [-0.3, -0.25) is 0 Å². The molecule has 0 unspecified atom stereocenters. The number of aryl methyl sites for hydroxylation is 2. The Morgan fingerprint density at radius 1 is 0.913 bits per heavy atom. The van der Waals surface area contributed by atoms with Crippen molar-refractivity contribution in [2.75, 3.05) is 10.6 Å². The van der Waals surface area contributed by atoms with Gasteiger partial charge in [-0.2, -0.15) is 4.98 Å². The number of hydrogen-bond acceptors (Lipinski definition) is 4. The minimum absolute atomic E-state index is 0.548. The van der Waals surface area contributed by atoms with Gasteiger partial charge in [0.05, 0.1) is 5.69 Å². The van der Waals surface area contributed by atoms with E-state index in [4.69, 9.17) is 0 Å². The lowest BCUT2D eigenvalue weighted by Gasteiger charge is -2.10. The lowest BCUT2D eigenvalue weighted by Crippen LogP contribution is -2.01. The van der Waals surface area contributed by atoms with Gasteiger partial charge >= 0.3 is 0 Å². The molecule has 23 heavy (non-hydrogen) atoms. The maximum Gasteiger partial charge on any atom is 0.229 e. The van der Waals surface area contributed by atoms with E-state index in [-0.39, 0.29) is 0 Å². The van der Waals surface area contributed by atoms with Crippen LogP contribution in [0.2, 0.25) is 0 Å². The van der Waals surface area contributed by atoms with E-state index in [1.165, 1.54) is 11.1 Å². The van der Waals surface area contributed by atoms with E-state index in [0.29, 0.717) is 5.95 Å². The molecule has 2 N–H and O–H groups in total. The van der Waals surface area contributed by atoms with Crippen molar-refractivity contribution < 1.29 is 0 Å². The van der Waals surface area contributed by atoms with Crippen molar-refractivity contribution in [1.29, 1.82) is 0 Å². The van der Waals surface area contributed by atoms with Crippen molar-refractivity contribution in [3.8, 4) is 0 Å². The van der Waals surface area contributed by atoms with Crippen LogP contribution in [0, 0.1) is 13.8 Å². The Hall–Kier alpha value is -2.40. The van der Waals surface area contributed by atoms with Crippen molar-refractivity contribution in [2.24, 2.45) is 0 Å². The van der Waals surface area contributed by atoms with Crippen molar-refractivity contribution >= 4 is 39.1 Å². The van der Waals surface area contributed by atoms with Crippen LogP contribution in [0.3, 0.4) is 0 Å². The minimum atomic E-state index is 0.548. The molecule has 0 saturated heterocycles. The third kappa shape index (κ3) is 4.07.